The molecule has 0 aliphatic carbocycles. The Morgan fingerprint density at radius 2 is 1.73 bits per heavy atom. The van der Waals surface area contributed by atoms with Crippen molar-refractivity contribution in [2.75, 3.05) is 13.1 Å². The normalized spacial score (nSPS) is 15.8. The fourth-order valence-electron chi connectivity index (χ4n) is 4.06. The monoisotopic (exact) mass is 468 g/mol. The Balaban J connectivity index is 1.37. The van der Waals surface area contributed by atoms with Crippen molar-refractivity contribution in [2.24, 2.45) is 0 Å². The summed E-state index contributed by atoms with van der Waals surface area (Å²) in [7, 11) is -3.71. The maximum absolute atomic E-state index is 13.2. The Morgan fingerprint density at radius 3 is 2.42 bits per heavy atom. The van der Waals surface area contributed by atoms with Gasteiger partial charge in [-0.3, -0.25) is 4.79 Å². The fourth-order valence-corrected chi connectivity index (χ4v) is 5.53. The van der Waals surface area contributed by atoms with E-state index >= 15 is 0 Å². The van der Waals surface area contributed by atoms with Crippen LogP contribution >= 0.6 is 0 Å². The molecule has 1 aliphatic rings. The van der Waals surface area contributed by atoms with Crippen molar-refractivity contribution >= 4 is 21.2 Å². The molecule has 0 amide bonds. The Kier molecular flexibility index (Phi) is 5.51. The van der Waals surface area contributed by atoms with Crippen LogP contribution in [0, 0.1) is 5.82 Å². The summed E-state index contributed by atoms with van der Waals surface area (Å²) in [5.74, 6) is -0.0936. The predicted molar refractivity (Wildman–Crippen MR) is 119 cm³/mol. The number of benzene rings is 2. The molecule has 1 saturated heterocycles. The minimum atomic E-state index is -3.71. The van der Waals surface area contributed by atoms with Crippen LogP contribution in [0.3, 0.4) is 0 Å². The lowest BCUT2D eigenvalue weighted by atomic mass is 9.97. The molecule has 0 atom stereocenters. The third kappa shape index (κ3) is 4.16. The van der Waals surface area contributed by atoms with Gasteiger partial charge in [0.1, 0.15) is 11.6 Å². The maximum Gasteiger partial charge on any atom is 0.281 e. The third-order valence-electron chi connectivity index (χ3n) is 5.86. The standard InChI is InChI=1S/C22H21FN6O3S/c23-17-6-8-18(9-7-17)33(31,32)28-12-10-16(11-13-28)20-24-21-19(22(30)25-20)26-27-29(21)14-15-4-2-1-3-5-15/h1-9,16H,10-14H2,(H,24,25,30). The molecule has 2 aromatic heterocycles. The predicted octanol–water partition coefficient (Wildman–Crippen LogP) is 2.27. The van der Waals surface area contributed by atoms with Gasteiger partial charge in [-0.2, -0.15) is 4.31 Å². The van der Waals surface area contributed by atoms with Crippen molar-refractivity contribution in [2.45, 2.75) is 30.2 Å². The first kappa shape index (κ1) is 21.4. The Bertz CT molecular complexity index is 1440. The highest BCUT2D eigenvalue weighted by atomic mass is 32.2. The van der Waals surface area contributed by atoms with Crippen LogP contribution in [0.1, 0.15) is 30.1 Å². The molecule has 1 fully saturated rings. The second-order valence-corrected chi connectivity index (χ2v) is 9.93. The molecule has 5 rings (SSSR count). The second kappa shape index (κ2) is 8.49. The molecule has 1 aliphatic heterocycles. The molecule has 4 aromatic rings. The number of piperidine rings is 1. The van der Waals surface area contributed by atoms with Gasteiger partial charge in [-0.1, -0.05) is 35.5 Å². The zero-order valence-corrected chi connectivity index (χ0v) is 18.4. The van der Waals surface area contributed by atoms with Gasteiger partial charge in [-0.25, -0.2) is 22.5 Å². The van der Waals surface area contributed by atoms with Crippen LogP contribution in [-0.4, -0.2) is 50.8 Å². The van der Waals surface area contributed by atoms with E-state index in [1.807, 2.05) is 30.3 Å². The quantitative estimate of drug-likeness (QED) is 0.481. The minimum Gasteiger partial charge on any atom is -0.308 e. The van der Waals surface area contributed by atoms with Crippen LogP contribution < -0.4 is 5.56 Å². The summed E-state index contributed by atoms with van der Waals surface area (Å²) < 4.78 is 41.9. The molecular formula is C22H21FN6O3S. The molecule has 0 saturated carbocycles. The van der Waals surface area contributed by atoms with Crippen molar-refractivity contribution < 1.29 is 12.8 Å². The number of sulfonamides is 1. The van der Waals surface area contributed by atoms with Crippen LogP contribution in [0.2, 0.25) is 0 Å². The molecule has 0 spiro atoms. The SMILES string of the molecule is O=c1[nH]c(C2CCN(S(=O)(=O)c3ccc(F)cc3)CC2)nc2c1nnn2Cc1ccccc1. The first-order valence-corrected chi connectivity index (χ1v) is 12.0. The summed E-state index contributed by atoms with van der Waals surface area (Å²) in [6.07, 6.45) is 0.990. The first-order chi connectivity index (χ1) is 15.9. The summed E-state index contributed by atoms with van der Waals surface area (Å²) in [4.78, 5) is 20.1. The van der Waals surface area contributed by atoms with Gasteiger partial charge >= 0.3 is 0 Å². The zero-order valence-electron chi connectivity index (χ0n) is 17.6. The lowest BCUT2D eigenvalue weighted by Crippen LogP contribution is -2.38. The molecule has 3 heterocycles. The van der Waals surface area contributed by atoms with Crippen LogP contribution in [0.4, 0.5) is 4.39 Å². The molecule has 33 heavy (non-hydrogen) atoms. The summed E-state index contributed by atoms with van der Waals surface area (Å²) in [6, 6.07) is 14.5. The van der Waals surface area contributed by atoms with E-state index in [0.29, 0.717) is 30.9 Å². The van der Waals surface area contributed by atoms with Gasteiger partial charge in [-0.05, 0) is 42.7 Å². The van der Waals surface area contributed by atoms with Crippen molar-refractivity contribution in [3.8, 4) is 0 Å². The number of halogens is 1. The second-order valence-electron chi connectivity index (χ2n) is 7.99. The van der Waals surface area contributed by atoms with E-state index in [1.54, 1.807) is 4.68 Å². The van der Waals surface area contributed by atoms with Gasteiger partial charge in [0.05, 0.1) is 11.4 Å². The summed E-state index contributed by atoms with van der Waals surface area (Å²) in [5, 5.41) is 8.07. The van der Waals surface area contributed by atoms with Gasteiger partial charge in [0.15, 0.2) is 11.2 Å². The van der Waals surface area contributed by atoms with Gasteiger partial charge < -0.3 is 4.98 Å². The van der Waals surface area contributed by atoms with E-state index in [9.17, 15) is 17.6 Å². The topological polar surface area (TPSA) is 114 Å². The molecule has 0 bridgehead atoms. The molecule has 2 aromatic carbocycles. The first-order valence-electron chi connectivity index (χ1n) is 10.5. The molecule has 0 radical (unpaired) electrons. The Morgan fingerprint density at radius 1 is 1.03 bits per heavy atom. The Hall–Kier alpha value is -3.44. The van der Waals surface area contributed by atoms with Crippen molar-refractivity contribution in [1.29, 1.82) is 0 Å². The highest BCUT2D eigenvalue weighted by Gasteiger charge is 2.31. The van der Waals surface area contributed by atoms with Crippen LogP contribution in [0.15, 0.2) is 64.3 Å². The van der Waals surface area contributed by atoms with E-state index in [-0.39, 0.29) is 35.0 Å². The van der Waals surface area contributed by atoms with Crippen molar-refractivity contribution in [1.82, 2.24) is 29.3 Å². The average Bonchev–Trinajstić information content (AvgIpc) is 3.23. The summed E-state index contributed by atoms with van der Waals surface area (Å²) in [6.45, 7) is 0.975. The number of nitrogens with one attached hydrogen (secondary N) is 1. The zero-order chi connectivity index (χ0) is 23.0. The number of nitrogens with zero attached hydrogens (tertiary/aromatic N) is 5. The van der Waals surface area contributed by atoms with Crippen molar-refractivity contribution in [3.05, 3.63) is 82.2 Å². The van der Waals surface area contributed by atoms with Gasteiger partial charge in [0.25, 0.3) is 5.56 Å². The van der Waals surface area contributed by atoms with Gasteiger partial charge in [0.2, 0.25) is 10.0 Å². The van der Waals surface area contributed by atoms with Crippen LogP contribution in [-0.2, 0) is 16.6 Å². The number of H-pyrrole nitrogens is 1. The van der Waals surface area contributed by atoms with E-state index in [2.05, 4.69) is 20.3 Å². The van der Waals surface area contributed by atoms with Crippen LogP contribution in [0.5, 0.6) is 0 Å². The minimum absolute atomic E-state index is 0.0613. The Labute approximate surface area is 188 Å². The molecule has 1 N–H and O–H groups in total. The van der Waals surface area contributed by atoms with Crippen molar-refractivity contribution in [3.63, 3.8) is 0 Å². The molecule has 9 nitrogen and oxygen atoms in total. The van der Waals surface area contributed by atoms with Crippen LogP contribution in [0.25, 0.3) is 11.2 Å². The molecule has 170 valence electrons. The maximum atomic E-state index is 13.2. The van der Waals surface area contributed by atoms with E-state index in [4.69, 9.17) is 0 Å². The molecule has 0 unspecified atom stereocenters. The lowest BCUT2D eigenvalue weighted by molar-refractivity contribution is 0.313. The molecule has 11 heteroatoms. The lowest BCUT2D eigenvalue weighted by Gasteiger charge is -2.30. The number of hydrogen-bond donors (Lipinski definition) is 1. The highest BCUT2D eigenvalue weighted by Crippen LogP contribution is 2.29. The van der Waals surface area contributed by atoms with Gasteiger partial charge in [0, 0.05) is 19.0 Å². The van der Waals surface area contributed by atoms with E-state index in [0.717, 1.165) is 17.7 Å². The number of aromatic amines is 1. The molecular weight excluding hydrogens is 447 g/mol. The third-order valence-corrected chi connectivity index (χ3v) is 7.77. The smallest absolute Gasteiger partial charge is 0.281 e. The van der Waals surface area contributed by atoms with E-state index < -0.39 is 15.8 Å². The number of aromatic nitrogens is 5. The number of hydrogen-bond acceptors (Lipinski definition) is 6. The summed E-state index contributed by atoms with van der Waals surface area (Å²) >= 11 is 0. The van der Waals surface area contributed by atoms with Gasteiger partial charge in [-0.15, -0.1) is 5.10 Å². The summed E-state index contributed by atoms with van der Waals surface area (Å²) in [5.41, 5.74) is 1.22. The number of fused-ring (bicyclic) bond motifs is 1. The largest absolute Gasteiger partial charge is 0.308 e. The number of rotatable bonds is 5. The highest BCUT2D eigenvalue weighted by molar-refractivity contribution is 7.89. The fraction of sp³-hybridized carbons (Fsp3) is 0.273. The average molecular weight is 469 g/mol. The van der Waals surface area contributed by atoms with E-state index in [1.165, 1.54) is 16.4 Å².